The summed E-state index contributed by atoms with van der Waals surface area (Å²) in [6.07, 6.45) is 2.33. The number of benzene rings is 1. The van der Waals surface area contributed by atoms with Gasteiger partial charge in [-0.05, 0) is 44.0 Å². The van der Waals surface area contributed by atoms with Gasteiger partial charge in [0.25, 0.3) is 0 Å². The summed E-state index contributed by atoms with van der Waals surface area (Å²) >= 11 is 0. The van der Waals surface area contributed by atoms with Gasteiger partial charge >= 0.3 is 0 Å². The molecule has 1 amide bonds. The summed E-state index contributed by atoms with van der Waals surface area (Å²) in [4.78, 5) is 22.3. The molecule has 1 aromatic heterocycles. The van der Waals surface area contributed by atoms with Crippen molar-refractivity contribution < 1.29 is 13.2 Å². The summed E-state index contributed by atoms with van der Waals surface area (Å²) in [6, 6.07) is 7.91. The molecule has 0 atom stereocenters. The molecule has 1 fully saturated rings. The Hall–Kier alpha value is -2.72. The quantitative estimate of drug-likeness (QED) is 0.559. The molecule has 1 aliphatic rings. The molecule has 1 saturated heterocycles. The summed E-state index contributed by atoms with van der Waals surface area (Å²) in [6.45, 7) is 5.83. The average molecular weight is 419 g/mol. The van der Waals surface area contributed by atoms with Gasteiger partial charge in [0.05, 0.1) is 4.90 Å². The Labute approximate surface area is 171 Å². The highest BCUT2D eigenvalue weighted by Crippen LogP contribution is 2.20. The van der Waals surface area contributed by atoms with Crippen LogP contribution in [0.2, 0.25) is 0 Å². The standard InChI is InChI=1S/C19H26N6O3S/c1-14-22-18(13-19(23-14)25-11-3-4-12-25)20-9-10-21-29(27,28)17-7-5-16(6-8-17)24-15(2)26/h5-8,13,21H,3-4,9-12H2,1-2H3,(H,24,26)(H,20,22,23). The summed E-state index contributed by atoms with van der Waals surface area (Å²) in [5.41, 5.74) is 0.547. The molecule has 3 rings (SSSR count). The molecule has 1 aliphatic heterocycles. The number of rotatable bonds is 8. The molecule has 0 aliphatic carbocycles. The molecule has 0 radical (unpaired) electrons. The molecule has 10 heteroatoms. The number of aromatic nitrogens is 2. The summed E-state index contributed by atoms with van der Waals surface area (Å²) < 4.78 is 27.4. The third-order valence-electron chi connectivity index (χ3n) is 4.46. The van der Waals surface area contributed by atoms with Crippen LogP contribution < -0.4 is 20.3 Å². The third-order valence-corrected chi connectivity index (χ3v) is 5.94. The lowest BCUT2D eigenvalue weighted by Crippen LogP contribution is -2.29. The monoisotopic (exact) mass is 418 g/mol. The van der Waals surface area contributed by atoms with Crippen LogP contribution in [0.1, 0.15) is 25.6 Å². The topological polar surface area (TPSA) is 116 Å². The SMILES string of the molecule is CC(=O)Nc1ccc(S(=O)(=O)NCCNc2cc(N3CCCC3)nc(C)n2)cc1. The minimum Gasteiger partial charge on any atom is -0.369 e. The molecule has 2 aromatic rings. The van der Waals surface area contributed by atoms with Crippen LogP contribution in [-0.2, 0) is 14.8 Å². The molecule has 156 valence electrons. The van der Waals surface area contributed by atoms with Gasteiger partial charge in [-0.1, -0.05) is 0 Å². The van der Waals surface area contributed by atoms with Crippen molar-refractivity contribution in [3.63, 3.8) is 0 Å². The van der Waals surface area contributed by atoms with Crippen LogP contribution in [0.25, 0.3) is 0 Å². The van der Waals surface area contributed by atoms with Gasteiger partial charge in [-0.2, -0.15) is 0 Å². The first kappa shape index (κ1) is 21.0. The zero-order chi connectivity index (χ0) is 20.9. The van der Waals surface area contributed by atoms with Crippen LogP contribution in [0.3, 0.4) is 0 Å². The number of hydrogen-bond acceptors (Lipinski definition) is 7. The number of aryl methyl sites for hydroxylation is 1. The molecule has 9 nitrogen and oxygen atoms in total. The van der Waals surface area contributed by atoms with E-state index in [-0.39, 0.29) is 17.3 Å². The maximum atomic E-state index is 12.4. The first-order valence-corrected chi connectivity index (χ1v) is 11.0. The second kappa shape index (κ2) is 9.19. The van der Waals surface area contributed by atoms with E-state index < -0.39 is 10.0 Å². The number of carbonyl (C=O) groups is 1. The van der Waals surface area contributed by atoms with Gasteiger partial charge in [0.1, 0.15) is 17.5 Å². The van der Waals surface area contributed by atoms with Crippen molar-refractivity contribution in [1.29, 1.82) is 0 Å². The van der Waals surface area contributed by atoms with E-state index >= 15 is 0 Å². The highest BCUT2D eigenvalue weighted by molar-refractivity contribution is 7.89. The van der Waals surface area contributed by atoms with Gasteiger partial charge in [-0.15, -0.1) is 0 Å². The lowest BCUT2D eigenvalue weighted by atomic mass is 10.3. The van der Waals surface area contributed by atoms with Crippen LogP contribution >= 0.6 is 0 Å². The zero-order valence-electron chi connectivity index (χ0n) is 16.6. The molecule has 1 aromatic carbocycles. The van der Waals surface area contributed by atoms with Crippen LogP contribution in [-0.4, -0.2) is 50.5 Å². The average Bonchev–Trinajstić information content (AvgIpc) is 3.20. The van der Waals surface area contributed by atoms with E-state index in [1.165, 1.54) is 31.9 Å². The third kappa shape index (κ3) is 5.88. The number of nitrogens with one attached hydrogen (secondary N) is 3. The largest absolute Gasteiger partial charge is 0.369 e. The minimum atomic E-state index is -3.63. The first-order chi connectivity index (χ1) is 13.8. The first-order valence-electron chi connectivity index (χ1n) is 9.55. The molecule has 0 saturated carbocycles. The zero-order valence-corrected chi connectivity index (χ0v) is 17.4. The Morgan fingerprint density at radius 1 is 1.10 bits per heavy atom. The normalized spacial score (nSPS) is 14.1. The summed E-state index contributed by atoms with van der Waals surface area (Å²) in [5, 5.41) is 5.76. The minimum absolute atomic E-state index is 0.140. The lowest BCUT2D eigenvalue weighted by Gasteiger charge is -2.17. The highest BCUT2D eigenvalue weighted by Gasteiger charge is 2.16. The number of nitrogens with zero attached hydrogens (tertiary/aromatic N) is 3. The maximum absolute atomic E-state index is 12.4. The second-order valence-corrected chi connectivity index (χ2v) is 8.65. The number of carbonyl (C=O) groups excluding carboxylic acids is 1. The van der Waals surface area contributed by atoms with Gasteiger partial charge in [0, 0.05) is 44.9 Å². The van der Waals surface area contributed by atoms with Crippen molar-refractivity contribution in [3.05, 3.63) is 36.2 Å². The predicted octanol–water partition coefficient (Wildman–Crippen LogP) is 1.73. The number of anilines is 3. The van der Waals surface area contributed by atoms with Crippen molar-refractivity contribution in [2.24, 2.45) is 0 Å². The van der Waals surface area contributed by atoms with Crippen molar-refractivity contribution in [1.82, 2.24) is 14.7 Å². The Kier molecular flexibility index (Phi) is 6.65. The molecule has 0 spiro atoms. The Morgan fingerprint density at radius 3 is 2.45 bits per heavy atom. The fraction of sp³-hybridized carbons (Fsp3) is 0.421. The van der Waals surface area contributed by atoms with E-state index in [0.717, 1.165) is 18.9 Å². The molecule has 3 N–H and O–H groups in total. The fourth-order valence-electron chi connectivity index (χ4n) is 3.13. The molecule has 29 heavy (non-hydrogen) atoms. The summed E-state index contributed by atoms with van der Waals surface area (Å²) in [5.74, 6) is 2.05. The van der Waals surface area contributed by atoms with Crippen molar-refractivity contribution in [2.45, 2.75) is 31.6 Å². The van der Waals surface area contributed by atoms with Crippen molar-refractivity contribution >= 4 is 33.3 Å². The van der Waals surface area contributed by atoms with E-state index in [2.05, 4.69) is 30.2 Å². The molecule has 0 bridgehead atoms. The molecule has 2 heterocycles. The van der Waals surface area contributed by atoms with Crippen molar-refractivity contribution in [2.75, 3.05) is 41.7 Å². The number of amides is 1. The smallest absolute Gasteiger partial charge is 0.240 e. The van der Waals surface area contributed by atoms with Gasteiger partial charge in [0.2, 0.25) is 15.9 Å². The molecular weight excluding hydrogens is 392 g/mol. The highest BCUT2D eigenvalue weighted by atomic mass is 32.2. The summed E-state index contributed by atoms with van der Waals surface area (Å²) in [7, 11) is -3.63. The van der Waals surface area contributed by atoms with Gasteiger partial charge in [-0.3, -0.25) is 4.79 Å². The lowest BCUT2D eigenvalue weighted by molar-refractivity contribution is -0.114. The molecular formula is C19H26N6O3S. The van der Waals surface area contributed by atoms with E-state index in [4.69, 9.17) is 0 Å². The Balaban J connectivity index is 1.53. The predicted molar refractivity (Wildman–Crippen MR) is 113 cm³/mol. The Bertz CT molecular complexity index is 956. The van der Waals surface area contributed by atoms with Crippen LogP contribution in [0.4, 0.5) is 17.3 Å². The number of sulfonamides is 1. The van der Waals surface area contributed by atoms with E-state index in [0.29, 0.717) is 23.9 Å². The van der Waals surface area contributed by atoms with Gasteiger partial charge in [-0.25, -0.2) is 23.1 Å². The van der Waals surface area contributed by atoms with Crippen LogP contribution in [0.5, 0.6) is 0 Å². The van der Waals surface area contributed by atoms with E-state index in [1.54, 1.807) is 12.1 Å². The van der Waals surface area contributed by atoms with Crippen molar-refractivity contribution in [3.8, 4) is 0 Å². The maximum Gasteiger partial charge on any atom is 0.240 e. The van der Waals surface area contributed by atoms with Crippen LogP contribution in [0.15, 0.2) is 35.2 Å². The fourth-order valence-corrected chi connectivity index (χ4v) is 4.16. The second-order valence-electron chi connectivity index (χ2n) is 6.88. The van der Waals surface area contributed by atoms with E-state index in [1.807, 2.05) is 13.0 Å². The van der Waals surface area contributed by atoms with E-state index in [9.17, 15) is 13.2 Å². The van der Waals surface area contributed by atoms with Gasteiger partial charge in [0.15, 0.2) is 0 Å². The van der Waals surface area contributed by atoms with Gasteiger partial charge < -0.3 is 15.5 Å². The Morgan fingerprint density at radius 2 is 1.79 bits per heavy atom. The number of hydrogen-bond donors (Lipinski definition) is 3. The molecule has 0 unspecified atom stereocenters. The van der Waals surface area contributed by atoms with Crippen LogP contribution in [0, 0.1) is 6.92 Å².